The first-order chi connectivity index (χ1) is 12.5. The Hall–Kier alpha value is -2.41. The molecule has 0 aromatic rings. The van der Waals surface area contributed by atoms with E-state index < -0.39 is 55.0 Å². The second-order valence-corrected chi connectivity index (χ2v) is 7.82. The van der Waals surface area contributed by atoms with Gasteiger partial charge in [0.2, 0.25) is 11.8 Å². The number of allylic oxidation sites excluding steroid dienone is 1. The molecular formula is C14H22N4O7S2. The Bertz CT molecular complexity index is 600. The molecule has 0 bridgehead atoms. The van der Waals surface area contributed by atoms with Crippen LogP contribution in [0.1, 0.15) is 13.8 Å². The largest absolute Gasteiger partial charge is 0.480 e. The summed E-state index contributed by atoms with van der Waals surface area (Å²) in [7, 11) is 2.51. The number of amides is 4. The molecule has 0 aliphatic heterocycles. The quantitative estimate of drug-likeness (QED) is 0.224. The van der Waals surface area contributed by atoms with Crippen molar-refractivity contribution in [1.29, 1.82) is 0 Å². The van der Waals surface area contributed by atoms with Gasteiger partial charge in [-0.25, -0.2) is 9.59 Å². The molecule has 0 saturated heterocycles. The van der Waals surface area contributed by atoms with E-state index in [9.17, 15) is 24.0 Å². The van der Waals surface area contributed by atoms with Crippen molar-refractivity contribution in [2.45, 2.75) is 25.9 Å². The third-order valence-electron chi connectivity index (χ3n) is 2.61. The van der Waals surface area contributed by atoms with Gasteiger partial charge in [-0.1, -0.05) is 28.2 Å². The van der Waals surface area contributed by atoms with Crippen molar-refractivity contribution >= 4 is 51.4 Å². The summed E-state index contributed by atoms with van der Waals surface area (Å²) in [5, 5.41) is 26.5. The molecule has 27 heavy (non-hydrogen) atoms. The van der Waals surface area contributed by atoms with Crippen LogP contribution in [0.2, 0.25) is 0 Å². The summed E-state index contributed by atoms with van der Waals surface area (Å²) in [5.74, 6) is -3.75. The number of hydrogen-bond acceptors (Lipinski definition) is 7. The van der Waals surface area contributed by atoms with E-state index in [1.807, 2.05) is 0 Å². The van der Waals surface area contributed by atoms with Crippen LogP contribution >= 0.6 is 21.6 Å². The third kappa shape index (κ3) is 12.6. The molecule has 0 unspecified atom stereocenters. The highest BCUT2D eigenvalue weighted by atomic mass is 33.1. The fourth-order valence-electron chi connectivity index (χ4n) is 1.52. The van der Waals surface area contributed by atoms with Gasteiger partial charge in [0.1, 0.15) is 18.6 Å². The van der Waals surface area contributed by atoms with Crippen LogP contribution in [0.3, 0.4) is 0 Å². The van der Waals surface area contributed by atoms with Gasteiger partial charge in [-0.05, 0) is 11.8 Å². The van der Waals surface area contributed by atoms with Crippen LogP contribution in [-0.2, 0) is 19.2 Å². The van der Waals surface area contributed by atoms with E-state index in [2.05, 4.69) is 27.8 Å². The van der Waals surface area contributed by atoms with E-state index >= 15 is 0 Å². The Morgan fingerprint density at radius 2 is 1.63 bits per heavy atom. The molecule has 0 aliphatic carbocycles. The highest BCUT2D eigenvalue weighted by Crippen LogP contribution is 2.28. The van der Waals surface area contributed by atoms with Gasteiger partial charge in [0.25, 0.3) is 0 Å². The third-order valence-corrected chi connectivity index (χ3v) is 5.10. The van der Waals surface area contributed by atoms with Crippen LogP contribution in [-0.4, -0.2) is 70.9 Å². The topological polar surface area (TPSA) is 174 Å². The van der Waals surface area contributed by atoms with E-state index in [1.54, 1.807) is 6.92 Å². The van der Waals surface area contributed by atoms with Gasteiger partial charge in [-0.2, -0.15) is 0 Å². The molecule has 13 heteroatoms. The summed E-state index contributed by atoms with van der Waals surface area (Å²) in [4.78, 5) is 57.3. The van der Waals surface area contributed by atoms with Crippen molar-refractivity contribution < 1.29 is 34.2 Å². The number of aliphatic carboxylic acids is 2. The molecule has 11 nitrogen and oxygen atoms in total. The molecule has 152 valence electrons. The van der Waals surface area contributed by atoms with Crippen molar-refractivity contribution in [2.75, 3.05) is 18.8 Å². The van der Waals surface area contributed by atoms with Gasteiger partial charge in [0.15, 0.2) is 0 Å². The number of carbonyl (C=O) groups is 5. The number of rotatable bonds is 12. The number of nitrogens with one attached hydrogen (secondary N) is 4. The van der Waals surface area contributed by atoms with Gasteiger partial charge in [-0.15, -0.1) is 0 Å². The summed E-state index contributed by atoms with van der Waals surface area (Å²) in [6.07, 6.45) is 0. The van der Waals surface area contributed by atoms with E-state index in [1.165, 1.54) is 21.6 Å². The lowest BCUT2D eigenvalue weighted by Gasteiger charge is -2.19. The van der Waals surface area contributed by atoms with Crippen LogP contribution in [0.5, 0.6) is 0 Å². The van der Waals surface area contributed by atoms with E-state index in [4.69, 9.17) is 10.2 Å². The summed E-state index contributed by atoms with van der Waals surface area (Å²) < 4.78 is 0. The van der Waals surface area contributed by atoms with Crippen molar-refractivity contribution in [3.05, 3.63) is 11.5 Å². The summed E-state index contributed by atoms with van der Waals surface area (Å²) >= 11 is 0. The maximum atomic E-state index is 12.0. The Labute approximate surface area is 163 Å². The zero-order valence-electron chi connectivity index (χ0n) is 14.7. The number of carbonyl (C=O) groups excluding carboxylic acids is 3. The molecule has 0 saturated carbocycles. The second-order valence-electron chi connectivity index (χ2n) is 5.18. The fourth-order valence-corrected chi connectivity index (χ4v) is 3.38. The van der Waals surface area contributed by atoms with Gasteiger partial charge >= 0.3 is 18.0 Å². The lowest BCUT2D eigenvalue weighted by Crippen LogP contribution is -2.54. The normalized spacial score (nSPS) is 12.2. The van der Waals surface area contributed by atoms with Gasteiger partial charge in [0, 0.05) is 12.7 Å². The van der Waals surface area contributed by atoms with E-state index in [-0.39, 0.29) is 5.75 Å². The molecule has 0 fully saturated rings. The molecule has 0 heterocycles. The molecule has 0 aromatic heterocycles. The Morgan fingerprint density at radius 1 is 1.00 bits per heavy atom. The lowest BCUT2D eigenvalue weighted by atomic mass is 10.3. The molecule has 4 amide bonds. The first kappa shape index (κ1) is 24.6. The monoisotopic (exact) mass is 422 g/mol. The van der Waals surface area contributed by atoms with Crippen LogP contribution in [0.4, 0.5) is 4.79 Å². The van der Waals surface area contributed by atoms with Gasteiger partial charge in [-0.3, -0.25) is 14.4 Å². The van der Waals surface area contributed by atoms with Crippen molar-refractivity contribution in [3.8, 4) is 0 Å². The minimum Gasteiger partial charge on any atom is -0.480 e. The number of urea groups is 1. The van der Waals surface area contributed by atoms with E-state index in [0.717, 1.165) is 11.8 Å². The fraction of sp³-hybridized carbons (Fsp3) is 0.500. The smallest absolute Gasteiger partial charge is 0.328 e. The molecule has 0 rings (SSSR count). The summed E-state index contributed by atoms with van der Waals surface area (Å²) in [6.45, 7) is 5.55. The van der Waals surface area contributed by atoms with Crippen molar-refractivity contribution in [2.24, 2.45) is 0 Å². The van der Waals surface area contributed by atoms with Crippen LogP contribution in [0.15, 0.2) is 11.5 Å². The predicted octanol–water partition coefficient (Wildman–Crippen LogP) is -0.641. The van der Waals surface area contributed by atoms with Crippen molar-refractivity contribution in [3.63, 3.8) is 0 Å². The zero-order valence-corrected chi connectivity index (χ0v) is 16.4. The maximum absolute atomic E-state index is 12.0. The molecule has 2 atom stereocenters. The molecule has 0 aliphatic rings. The maximum Gasteiger partial charge on any atom is 0.328 e. The average Bonchev–Trinajstić information content (AvgIpc) is 2.54. The van der Waals surface area contributed by atoms with Gasteiger partial charge < -0.3 is 31.5 Å². The summed E-state index contributed by atoms with van der Waals surface area (Å²) in [5.41, 5.74) is 0. The minimum absolute atomic E-state index is 0.116. The molecule has 0 spiro atoms. The first-order valence-corrected chi connectivity index (χ1v) is 9.83. The molecule has 0 aromatic carbocycles. The molecular weight excluding hydrogens is 400 g/mol. The Morgan fingerprint density at radius 3 is 2.11 bits per heavy atom. The van der Waals surface area contributed by atoms with Crippen LogP contribution in [0.25, 0.3) is 0 Å². The van der Waals surface area contributed by atoms with Gasteiger partial charge in [0.05, 0.1) is 6.54 Å². The van der Waals surface area contributed by atoms with Crippen LogP contribution < -0.4 is 21.3 Å². The SMILES string of the molecule is C=C(C)SSC[C@H](NC(=O)NC[C@H](NC(C)=O)C(=O)O)C(=O)NCC(=O)O. The highest BCUT2D eigenvalue weighted by molar-refractivity contribution is 8.78. The number of carboxylic acids is 2. The summed E-state index contributed by atoms with van der Waals surface area (Å²) in [6, 6.07) is -3.24. The standard InChI is InChI=1S/C14H22N4O7S2/c1-7(2)27-26-6-10(12(22)15-5-11(20)21)18-14(25)16-4-9(13(23)24)17-8(3)19/h9-10H,1,4-6H2,2-3H3,(H,15,22)(H,17,19)(H,20,21)(H,23,24)(H2,16,18,25)/t9-,10-/m0/s1. The number of hydrogen-bond donors (Lipinski definition) is 6. The first-order valence-electron chi connectivity index (χ1n) is 7.51. The van der Waals surface area contributed by atoms with Crippen LogP contribution in [0, 0.1) is 0 Å². The number of carboxylic acid groups (broad SMARTS) is 2. The lowest BCUT2D eigenvalue weighted by molar-refractivity contribution is -0.141. The second kappa shape index (κ2) is 12.9. The predicted molar refractivity (Wildman–Crippen MR) is 101 cm³/mol. The Balaban J connectivity index is 4.75. The average molecular weight is 422 g/mol. The Kier molecular flexibility index (Phi) is 11.7. The molecule has 6 N–H and O–H groups in total. The minimum atomic E-state index is -1.34. The zero-order chi connectivity index (χ0) is 21.0. The molecule has 0 radical (unpaired) electrons. The highest BCUT2D eigenvalue weighted by Gasteiger charge is 2.23. The van der Waals surface area contributed by atoms with E-state index in [0.29, 0.717) is 0 Å². The van der Waals surface area contributed by atoms with Crippen molar-refractivity contribution in [1.82, 2.24) is 21.3 Å².